The third kappa shape index (κ3) is 5.97. The molecule has 1 aromatic carbocycles. The van der Waals surface area contributed by atoms with E-state index in [-0.39, 0.29) is 11.6 Å². The molecule has 0 aliphatic carbocycles. The first-order valence-corrected chi connectivity index (χ1v) is 10.7. The van der Waals surface area contributed by atoms with Crippen molar-refractivity contribution in [2.45, 2.75) is 59.0 Å². The summed E-state index contributed by atoms with van der Waals surface area (Å²) in [5.41, 5.74) is 2.52. The first kappa shape index (κ1) is 22.6. The van der Waals surface area contributed by atoms with E-state index in [2.05, 4.69) is 19.1 Å². The van der Waals surface area contributed by atoms with Crippen molar-refractivity contribution in [3.63, 3.8) is 0 Å². The highest BCUT2D eigenvalue weighted by Gasteiger charge is 2.29. The van der Waals surface area contributed by atoms with Gasteiger partial charge in [0.1, 0.15) is 29.1 Å². The molecule has 0 spiro atoms. The predicted octanol–water partition coefficient (Wildman–Crippen LogP) is 5.97. The molecule has 1 aliphatic rings. The number of hydrogen-bond acceptors (Lipinski definition) is 5. The smallest absolute Gasteiger partial charge is 0.347 e. The van der Waals surface area contributed by atoms with Crippen molar-refractivity contribution >= 4 is 23.0 Å². The van der Waals surface area contributed by atoms with Crippen LogP contribution in [0.2, 0.25) is 0 Å². The van der Waals surface area contributed by atoms with Crippen LogP contribution in [-0.2, 0) is 9.53 Å². The van der Waals surface area contributed by atoms with Gasteiger partial charge in [-0.3, -0.25) is 4.79 Å². The SMILES string of the molecule is CC(=O)OC/C(C)=C/CC/C(C)=C/CCC1(C)C=Cc2c(c3ccccc3oc2=O)O1. The molecule has 0 radical (unpaired) electrons. The Kier molecular flexibility index (Phi) is 7.16. The van der Waals surface area contributed by atoms with Gasteiger partial charge in [0, 0.05) is 6.92 Å². The monoisotopic (exact) mass is 422 g/mol. The van der Waals surface area contributed by atoms with E-state index in [1.165, 1.54) is 12.5 Å². The lowest BCUT2D eigenvalue weighted by Crippen LogP contribution is -2.33. The molecule has 0 N–H and O–H groups in total. The average Bonchev–Trinajstić information content (AvgIpc) is 2.72. The topological polar surface area (TPSA) is 65.7 Å². The van der Waals surface area contributed by atoms with Gasteiger partial charge in [0.25, 0.3) is 0 Å². The molecule has 3 rings (SSSR count). The lowest BCUT2D eigenvalue weighted by Gasteiger charge is -2.31. The molecule has 2 aromatic rings. The molecular formula is C26H30O5. The number of hydrogen-bond donors (Lipinski definition) is 0. The summed E-state index contributed by atoms with van der Waals surface area (Å²) >= 11 is 0. The van der Waals surface area contributed by atoms with Gasteiger partial charge >= 0.3 is 11.6 Å². The Labute approximate surface area is 183 Å². The van der Waals surface area contributed by atoms with E-state index in [1.54, 1.807) is 6.07 Å². The number of benzene rings is 1. The zero-order valence-electron chi connectivity index (χ0n) is 18.7. The number of fused-ring (bicyclic) bond motifs is 3. The molecule has 0 bridgehead atoms. The fourth-order valence-electron chi connectivity index (χ4n) is 3.58. The molecule has 1 atom stereocenters. The molecule has 1 aromatic heterocycles. The van der Waals surface area contributed by atoms with Gasteiger partial charge in [-0.15, -0.1) is 0 Å². The number of rotatable bonds is 8. The third-order valence-electron chi connectivity index (χ3n) is 5.40. The summed E-state index contributed by atoms with van der Waals surface area (Å²) in [5, 5.41) is 0.815. The lowest BCUT2D eigenvalue weighted by atomic mass is 9.94. The highest BCUT2D eigenvalue weighted by atomic mass is 16.5. The quantitative estimate of drug-likeness (QED) is 0.298. The Balaban J connectivity index is 1.59. The van der Waals surface area contributed by atoms with Gasteiger partial charge in [0.2, 0.25) is 0 Å². The molecule has 0 fully saturated rings. The van der Waals surface area contributed by atoms with Crippen molar-refractivity contribution < 1.29 is 18.7 Å². The molecule has 1 unspecified atom stereocenters. The fraction of sp³-hybridized carbons (Fsp3) is 0.385. The number of carbonyl (C=O) groups is 1. The highest BCUT2D eigenvalue weighted by Crippen LogP contribution is 2.37. The minimum absolute atomic E-state index is 0.257. The van der Waals surface area contributed by atoms with E-state index >= 15 is 0 Å². The van der Waals surface area contributed by atoms with Crippen molar-refractivity contribution in [3.8, 4) is 5.75 Å². The van der Waals surface area contributed by atoms with Crippen LogP contribution in [0.1, 0.15) is 58.9 Å². The van der Waals surface area contributed by atoms with Crippen molar-refractivity contribution in [1.29, 1.82) is 0 Å². The zero-order valence-corrected chi connectivity index (χ0v) is 18.7. The second kappa shape index (κ2) is 9.82. The van der Waals surface area contributed by atoms with E-state index in [4.69, 9.17) is 13.9 Å². The fourth-order valence-corrected chi connectivity index (χ4v) is 3.58. The maximum absolute atomic E-state index is 12.3. The van der Waals surface area contributed by atoms with Crippen LogP contribution in [0.3, 0.4) is 0 Å². The molecule has 31 heavy (non-hydrogen) atoms. The molecule has 5 nitrogen and oxygen atoms in total. The minimum atomic E-state index is -0.485. The molecule has 0 saturated carbocycles. The summed E-state index contributed by atoms with van der Waals surface area (Å²) in [5.74, 6) is 0.346. The van der Waals surface area contributed by atoms with Gasteiger partial charge in [0.15, 0.2) is 0 Å². The first-order chi connectivity index (χ1) is 14.8. The average molecular weight is 423 g/mol. The van der Waals surface area contributed by atoms with Gasteiger partial charge in [-0.2, -0.15) is 0 Å². The standard InChI is InChI=1S/C26H30O5/c1-18(9-7-10-19(2)17-29-20(3)27)11-8-15-26(4)16-14-22-24(31-26)21-12-5-6-13-23(21)30-25(22)28/h5-6,10-14,16H,7-9,15,17H2,1-4H3/b18-11+,19-10+. The third-order valence-corrected chi connectivity index (χ3v) is 5.40. The van der Waals surface area contributed by atoms with Crippen LogP contribution < -0.4 is 10.4 Å². The second-order valence-corrected chi connectivity index (χ2v) is 8.34. The second-order valence-electron chi connectivity index (χ2n) is 8.34. The van der Waals surface area contributed by atoms with Crippen LogP contribution >= 0.6 is 0 Å². The Morgan fingerprint density at radius 2 is 1.84 bits per heavy atom. The summed E-state index contributed by atoms with van der Waals surface area (Å²) < 4.78 is 16.7. The van der Waals surface area contributed by atoms with Gasteiger partial charge in [-0.05, 0) is 76.3 Å². The number of para-hydroxylation sites is 1. The maximum atomic E-state index is 12.3. The lowest BCUT2D eigenvalue weighted by molar-refractivity contribution is -0.139. The molecular weight excluding hydrogens is 392 g/mol. The summed E-state index contributed by atoms with van der Waals surface area (Å²) in [7, 11) is 0. The summed E-state index contributed by atoms with van der Waals surface area (Å²) in [6, 6.07) is 7.45. The molecule has 0 saturated heterocycles. The van der Waals surface area contributed by atoms with Gasteiger partial charge < -0.3 is 13.9 Å². The Morgan fingerprint density at radius 3 is 2.61 bits per heavy atom. The number of allylic oxidation sites excluding steroid dienone is 3. The van der Waals surface area contributed by atoms with Crippen molar-refractivity contribution in [2.24, 2.45) is 0 Å². The molecule has 164 valence electrons. The largest absolute Gasteiger partial charge is 0.482 e. The summed E-state index contributed by atoms with van der Waals surface area (Å²) in [4.78, 5) is 23.1. The van der Waals surface area contributed by atoms with E-state index in [9.17, 15) is 9.59 Å². The van der Waals surface area contributed by atoms with Crippen LogP contribution in [0, 0.1) is 0 Å². The number of esters is 1. The van der Waals surface area contributed by atoms with Crippen LogP contribution in [-0.4, -0.2) is 18.2 Å². The Hall–Kier alpha value is -3.08. The summed E-state index contributed by atoms with van der Waals surface area (Å²) in [6.45, 7) is 7.91. The van der Waals surface area contributed by atoms with Gasteiger partial charge in [-0.1, -0.05) is 29.9 Å². The first-order valence-electron chi connectivity index (χ1n) is 10.7. The van der Waals surface area contributed by atoms with Crippen LogP contribution in [0.25, 0.3) is 17.0 Å². The van der Waals surface area contributed by atoms with Gasteiger partial charge in [-0.25, -0.2) is 4.79 Å². The van der Waals surface area contributed by atoms with Gasteiger partial charge in [0.05, 0.1) is 5.39 Å². The molecule has 1 aliphatic heterocycles. The van der Waals surface area contributed by atoms with Crippen molar-refractivity contribution in [3.05, 3.63) is 69.6 Å². The van der Waals surface area contributed by atoms with E-state index in [0.29, 0.717) is 23.5 Å². The van der Waals surface area contributed by atoms with E-state index < -0.39 is 5.60 Å². The number of carbonyl (C=O) groups excluding carboxylic acids is 1. The van der Waals surface area contributed by atoms with Crippen molar-refractivity contribution in [1.82, 2.24) is 0 Å². The van der Waals surface area contributed by atoms with Crippen LogP contribution in [0.5, 0.6) is 5.75 Å². The van der Waals surface area contributed by atoms with E-state index in [0.717, 1.165) is 36.6 Å². The molecule has 0 amide bonds. The van der Waals surface area contributed by atoms with Crippen LogP contribution in [0.4, 0.5) is 0 Å². The Bertz CT molecular complexity index is 1100. The highest BCUT2D eigenvalue weighted by molar-refractivity contribution is 5.87. The van der Waals surface area contributed by atoms with Crippen molar-refractivity contribution in [2.75, 3.05) is 6.61 Å². The predicted molar refractivity (Wildman–Crippen MR) is 123 cm³/mol. The Morgan fingerprint density at radius 1 is 1.10 bits per heavy atom. The normalized spacial score (nSPS) is 18.6. The van der Waals surface area contributed by atoms with Crippen LogP contribution in [0.15, 0.2) is 62.9 Å². The summed E-state index contributed by atoms with van der Waals surface area (Å²) in [6.07, 6.45) is 11.7. The van der Waals surface area contributed by atoms with E-state index in [1.807, 2.05) is 44.2 Å². The molecule has 5 heteroatoms. The maximum Gasteiger partial charge on any atom is 0.347 e. The minimum Gasteiger partial charge on any atom is -0.482 e. The molecule has 2 heterocycles. The number of ether oxygens (including phenoxy) is 2. The zero-order chi connectivity index (χ0) is 22.4.